The van der Waals surface area contributed by atoms with E-state index in [9.17, 15) is 0 Å². The molecular weight excluding hydrogens is 304 g/mol. The molecule has 0 amide bonds. The number of benzene rings is 2. The summed E-state index contributed by atoms with van der Waals surface area (Å²) in [5, 5.41) is 7.29. The summed E-state index contributed by atoms with van der Waals surface area (Å²) in [6.45, 7) is 20.0. The van der Waals surface area contributed by atoms with Crippen LogP contribution in [0.4, 0.5) is 0 Å². The van der Waals surface area contributed by atoms with Gasteiger partial charge in [-0.1, -0.05) is 124 Å². The minimum absolute atomic E-state index is 0.106. The highest BCUT2D eigenvalue weighted by Gasteiger charge is 1.98. The Morgan fingerprint density at radius 2 is 0.880 bits per heavy atom. The summed E-state index contributed by atoms with van der Waals surface area (Å²) < 4.78 is 0. The molecule has 0 heterocycles. The van der Waals surface area contributed by atoms with Crippen LogP contribution in [0.3, 0.4) is 0 Å². The van der Waals surface area contributed by atoms with Crippen LogP contribution in [0.5, 0.6) is 0 Å². The molecule has 0 aromatic heterocycles. The quantitative estimate of drug-likeness (QED) is 0.423. The molecule has 25 heavy (non-hydrogen) atoms. The monoisotopic (exact) mass is 346 g/mol. The molecule has 0 aliphatic rings. The standard InChI is InChI=1S/C13H12N2.5C2H6/c14-13(15)12-8-6-11(7-9-12)10-4-2-1-3-5-10;5*1-2/h1-9H,(H3,14,15);5*1-2H3. The molecule has 2 nitrogen and oxygen atoms in total. The molecule has 0 spiro atoms. The van der Waals surface area contributed by atoms with Crippen LogP contribution in [0, 0.1) is 5.41 Å². The van der Waals surface area contributed by atoms with Crippen molar-refractivity contribution in [3.63, 3.8) is 0 Å². The van der Waals surface area contributed by atoms with Crippen LogP contribution in [0.15, 0.2) is 54.6 Å². The Hall–Kier alpha value is -2.09. The molecule has 2 aromatic carbocycles. The number of nitrogens with two attached hydrogens (primary N) is 1. The lowest BCUT2D eigenvalue weighted by Gasteiger charge is -2.02. The van der Waals surface area contributed by atoms with E-state index in [4.69, 9.17) is 11.1 Å². The average Bonchev–Trinajstić information content (AvgIpc) is 2.76. The molecule has 144 valence electrons. The Labute approximate surface area is 158 Å². The summed E-state index contributed by atoms with van der Waals surface area (Å²) in [6.07, 6.45) is 0. The minimum atomic E-state index is 0.106. The summed E-state index contributed by atoms with van der Waals surface area (Å²) in [4.78, 5) is 0. The van der Waals surface area contributed by atoms with Crippen molar-refractivity contribution in [2.75, 3.05) is 0 Å². The highest BCUT2D eigenvalue weighted by Crippen LogP contribution is 2.18. The van der Waals surface area contributed by atoms with Crippen LogP contribution in [0.25, 0.3) is 11.1 Å². The van der Waals surface area contributed by atoms with E-state index in [1.807, 2.05) is 112 Å². The minimum Gasteiger partial charge on any atom is -0.384 e. The smallest absolute Gasteiger partial charge is 0.122 e. The summed E-state index contributed by atoms with van der Waals surface area (Å²) >= 11 is 0. The largest absolute Gasteiger partial charge is 0.384 e. The third-order valence-corrected chi connectivity index (χ3v) is 2.30. The second kappa shape index (κ2) is 26.8. The zero-order chi connectivity index (χ0) is 20.7. The van der Waals surface area contributed by atoms with Gasteiger partial charge >= 0.3 is 0 Å². The molecular formula is C23H42N2. The second-order valence-electron chi connectivity index (χ2n) is 3.36. The first kappa shape index (κ1) is 30.8. The molecule has 0 bridgehead atoms. The predicted molar refractivity (Wildman–Crippen MR) is 120 cm³/mol. The molecule has 0 atom stereocenters. The maximum Gasteiger partial charge on any atom is 0.122 e. The fourth-order valence-corrected chi connectivity index (χ4v) is 1.47. The SMILES string of the molecule is CC.CC.CC.CC.CC.N=C(N)c1ccc(-c2ccccc2)cc1. The second-order valence-corrected chi connectivity index (χ2v) is 3.36. The van der Waals surface area contributed by atoms with Crippen molar-refractivity contribution in [1.29, 1.82) is 5.41 Å². The fraction of sp³-hybridized carbons (Fsp3) is 0.435. The van der Waals surface area contributed by atoms with Gasteiger partial charge in [0.15, 0.2) is 0 Å². The molecule has 0 radical (unpaired) electrons. The third kappa shape index (κ3) is 15.2. The normalized spacial score (nSPS) is 7.12. The van der Waals surface area contributed by atoms with E-state index < -0.39 is 0 Å². The van der Waals surface area contributed by atoms with Gasteiger partial charge < -0.3 is 5.73 Å². The summed E-state index contributed by atoms with van der Waals surface area (Å²) in [5.74, 6) is 0.106. The Kier molecular flexibility index (Phi) is 33.0. The third-order valence-electron chi connectivity index (χ3n) is 2.30. The van der Waals surface area contributed by atoms with Gasteiger partial charge in [-0.2, -0.15) is 0 Å². The molecule has 3 N–H and O–H groups in total. The maximum atomic E-state index is 7.29. The van der Waals surface area contributed by atoms with E-state index in [2.05, 4.69) is 12.1 Å². The lowest BCUT2D eigenvalue weighted by molar-refractivity contribution is 1.42. The lowest BCUT2D eigenvalue weighted by atomic mass is 10.0. The molecule has 0 unspecified atom stereocenters. The van der Waals surface area contributed by atoms with Crippen molar-refractivity contribution in [2.45, 2.75) is 69.2 Å². The molecule has 0 aliphatic heterocycles. The van der Waals surface area contributed by atoms with Gasteiger partial charge in [-0.25, -0.2) is 0 Å². The zero-order valence-electron chi connectivity index (χ0n) is 18.3. The number of hydrogen-bond donors (Lipinski definition) is 2. The molecule has 0 aliphatic carbocycles. The van der Waals surface area contributed by atoms with Gasteiger partial charge in [-0.3, -0.25) is 5.41 Å². The molecule has 0 fully saturated rings. The van der Waals surface area contributed by atoms with E-state index in [-0.39, 0.29) is 5.84 Å². The van der Waals surface area contributed by atoms with Crippen LogP contribution in [0.1, 0.15) is 74.8 Å². The average molecular weight is 347 g/mol. The van der Waals surface area contributed by atoms with Gasteiger partial charge in [-0.05, 0) is 11.1 Å². The molecule has 0 saturated carbocycles. The number of nitrogens with one attached hydrogen (secondary N) is 1. The van der Waals surface area contributed by atoms with Crippen molar-refractivity contribution in [1.82, 2.24) is 0 Å². The van der Waals surface area contributed by atoms with Crippen LogP contribution in [-0.2, 0) is 0 Å². The molecule has 0 saturated heterocycles. The summed E-state index contributed by atoms with van der Waals surface area (Å²) in [5.41, 5.74) is 8.46. The Morgan fingerprint density at radius 1 is 0.560 bits per heavy atom. The van der Waals surface area contributed by atoms with E-state index in [0.29, 0.717) is 0 Å². The number of amidine groups is 1. The van der Waals surface area contributed by atoms with Crippen molar-refractivity contribution < 1.29 is 0 Å². The predicted octanol–water partition coefficient (Wildman–Crippen LogP) is 7.77. The Bertz CT molecular complexity index is 459. The Morgan fingerprint density at radius 3 is 1.20 bits per heavy atom. The Balaban J connectivity index is -0.000000191. The first-order chi connectivity index (χ1) is 12.3. The number of nitrogen functional groups attached to an aromatic ring is 1. The fourth-order valence-electron chi connectivity index (χ4n) is 1.47. The lowest BCUT2D eigenvalue weighted by Crippen LogP contribution is -2.10. The van der Waals surface area contributed by atoms with E-state index in [1.54, 1.807) is 0 Å². The molecule has 2 aromatic rings. The maximum absolute atomic E-state index is 7.29. The summed E-state index contributed by atoms with van der Waals surface area (Å²) in [7, 11) is 0. The topological polar surface area (TPSA) is 49.9 Å². The van der Waals surface area contributed by atoms with E-state index in [0.717, 1.165) is 11.1 Å². The van der Waals surface area contributed by atoms with Crippen molar-refractivity contribution >= 4 is 5.84 Å². The molecule has 2 rings (SSSR count). The van der Waals surface area contributed by atoms with Crippen molar-refractivity contribution in [3.05, 3.63) is 60.2 Å². The van der Waals surface area contributed by atoms with Gasteiger partial charge in [-0.15, -0.1) is 0 Å². The van der Waals surface area contributed by atoms with Crippen LogP contribution in [0.2, 0.25) is 0 Å². The van der Waals surface area contributed by atoms with Gasteiger partial charge in [0.05, 0.1) is 0 Å². The van der Waals surface area contributed by atoms with Gasteiger partial charge in [0, 0.05) is 5.56 Å². The van der Waals surface area contributed by atoms with Crippen molar-refractivity contribution in [2.24, 2.45) is 5.73 Å². The molecule has 2 heteroatoms. The van der Waals surface area contributed by atoms with E-state index in [1.165, 1.54) is 5.56 Å². The number of hydrogen-bond acceptors (Lipinski definition) is 1. The highest BCUT2D eigenvalue weighted by molar-refractivity contribution is 5.95. The number of rotatable bonds is 2. The van der Waals surface area contributed by atoms with Crippen molar-refractivity contribution in [3.8, 4) is 11.1 Å². The first-order valence-electron chi connectivity index (χ1n) is 9.77. The van der Waals surface area contributed by atoms with Crippen LogP contribution < -0.4 is 5.73 Å². The zero-order valence-corrected chi connectivity index (χ0v) is 18.3. The van der Waals surface area contributed by atoms with Gasteiger partial charge in [0.2, 0.25) is 0 Å². The first-order valence-corrected chi connectivity index (χ1v) is 9.77. The van der Waals surface area contributed by atoms with Gasteiger partial charge in [0.1, 0.15) is 5.84 Å². The van der Waals surface area contributed by atoms with Crippen LogP contribution >= 0.6 is 0 Å². The highest BCUT2D eigenvalue weighted by atomic mass is 14.7. The summed E-state index contributed by atoms with van der Waals surface area (Å²) in [6, 6.07) is 17.8. The van der Waals surface area contributed by atoms with E-state index >= 15 is 0 Å². The van der Waals surface area contributed by atoms with Gasteiger partial charge in [0.25, 0.3) is 0 Å². The van der Waals surface area contributed by atoms with Crippen LogP contribution in [-0.4, -0.2) is 5.84 Å².